The van der Waals surface area contributed by atoms with Gasteiger partial charge in [-0.15, -0.1) is 0 Å². The Balaban J connectivity index is 1.90. The van der Waals surface area contributed by atoms with Crippen molar-refractivity contribution in [3.05, 3.63) is 12.2 Å². The lowest BCUT2D eigenvalue weighted by atomic mass is 9.62. The van der Waals surface area contributed by atoms with E-state index < -0.39 is 17.8 Å². The first-order valence-corrected chi connectivity index (χ1v) is 7.45. The predicted octanol–water partition coefficient (Wildman–Crippen LogP) is 1.18. The van der Waals surface area contributed by atoms with Gasteiger partial charge in [0.05, 0.1) is 11.8 Å². The number of aliphatic carboxylic acids is 1. The first-order valence-electron chi connectivity index (χ1n) is 7.45. The van der Waals surface area contributed by atoms with Crippen LogP contribution < -0.4 is 5.32 Å². The number of carboxylic acid groups (broad SMARTS) is 1. The largest absolute Gasteiger partial charge is 0.481 e. The average molecular weight is 281 g/mol. The van der Waals surface area contributed by atoms with Crippen molar-refractivity contribution in [2.75, 3.05) is 13.2 Å². The molecule has 4 unspecified atom stereocenters. The Morgan fingerprint density at radius 2 is 1.70 bits per heavy atom. The zero-order valence-electron chi connectivity index (χ0n) is 11.6. The third kappa shape index (κ3) is 3.20. The van der Waals surface area contributed by atoms with E-state index in [1.807, 2.05) is 12.2 Å². The molecule has 1 fully saturated rings. The molecule has 0 saturated heterocycles. The number of rotatable bonds is 7. The van der Waals surface area contributed by atoms with E-state index in [4.69, 9.17) is 5.11 Å². The molecule has 0 heterocycles. The van der Waals surface area contributed by atoms with Crippen LogP contribution in [0.3, 0.4) is 0 Å². The second-order valence-corrected chi connectivity index (χ2v) is 5.76. The molecule has 5 heteroatoms. The first-order chi connectivity index (χ1) is 9.65. The highest BCUT2D eigenvalue weighted by molar-refractivity contribution is 5.86. The molecule has 1 amide bonds. The van der Waals surface area contributed by atoms with Gasteiger partial charge < -0.3 is 15.5 Å². The van der Waals surface area contributed by atoms with E-state index in [1.165, 1.54) is 0 Å². The van der Waals surface area contributed by atoms with Crippen LogP contribution in [0.15, 0.2) is 12.2 Å². The van der Waals surface area contributed by atoms with Crippen LogP contribution in [0.2, 0.25) is 0 Å². The maximum absolute atomic E-state index is 12.3. The number of carbonyl (C=O) groups is 2. The molecule has 112 valence electrons. The van der Waals surface area contributed by atoms with Crippen molar-refractivity contribution in [1.82, 2.24) is 5.32 Å². The molecule has 3 rings (SSSR count). The van der Waals surface area contributed by atoms with Gasteiger partial charge in [-0.2, -0.15) is 0 Å². The molecule has 4 atom stereocenters. The molecule has 0 radical (unpaired) electrons. The summed E-state index contributed by atoms with van der Waals surface area (Å²) in [6.07, 6.45) is 8.20. The van der Waals surface area contributed by atoms with Crippen molar-refractivity contribution in [2.24, 2.45) is 23.7 Å². The summed E-state index contributed by atoms with van der Waals surface area (Å²) < 4.78 is 0. The number of amides is 1. The standard InChI is InChI=1S/C15H23NO4/c17-9-3-1-2-8-16-14(18)12-10-4-6-11(7-5-10)13(12)15(19)20/h4,6,10-13,17H,1-3,5,7-9H2,(H,16,18)(H,19,20). The highest BCUT2D eigenvalue weighted by Gasteiger charge is 2.47. The van der Waals surface area contributed by atoms with Gasteiger partial charge in [0.25, 0.3) is 0 Å². The highest BCUT2D eigenvalue weighted by Crippen LogP contribution is 2.44. The molecule has 0 aromatic carbocycles. The fourth-order valence-electron chi connectivity index (χ4n) is 3.43. The van der Waals surface area contributed by atoms with E-state index in [0.717, 1.165) is 32.1 Å². The molecular formula is C15H23NO4. The van der Waals surface area contributed by atoms with E-state index in [0.29, 0.717) is 6.54 Å². The number of nitrogens with one attached hydrogen (secondary N) is 1. The maximum atomic E-state index is 12.3. The van der Waals surface area contributed by atoms with Crippen LogP contribution in [0.5, 0.6) is 0 Å². The Morgan fingerprint density at radius 1 is 1.05 bits per heavy atom. The minimum absolute atomic E-state index is 0.00244. The third-order valence-electron chi connectivity index (χ3n) is 4.47. The van der Waals surface area contributed by atoms with Crippen LogP contribution in [0.1, 0.15) is 32.1 Å². The van der Waals surface area contributed by atoms with E-state index >= 15 is 0 Å². The SMILES string of the molecule is O=C(O)C1C2C=CC(CC2)C1C(=O)NCCCCCO. The van der Waals surface area contributed by atoms with Crippen molar-refractivity contribution < 1.29 is 19.8 Å². The van der Waals surface area contributed by atoms with Crippen molar-refractivity contribution in [2.45, 2.75) is 32.1 Å². The van der Waals surface area contributed by atoms with Gasteiger partial charge in [0.2, 0.25) is 5.91 Å². The van der Waals surface area contributed by atoms with Gasteiger partial charge in [0, 0.05) is 13.2 Å². The van der Waals surface area contributed by atoms with E-state index in [-0.39, 0.29) is 24.3 Å². The number of aliphatic hydroxyl groups excluding tert-OH is 1. The summed E-state index contributed by atoms with van der Waals surface area (Å²) in [6.45, 7) is 0.731. The molecular weight excluding hydrogens is 258 g/mol. The molecule has 0 aromatic rings. The fourth-order valence-corrected chi connectivity index (χ4v) is 3.43. The van der Waals surface area contributed by atoms with Gasteiger partial charge in [0.1, 0.15) is 0 Å². The number of unbranched alkanes of at least 4 members (excludes halogenated alkanes) is 2. The fraction of sp³-hybridized carbons (Fsp3) is 0.733. The first kappa shape index (κ1) is 15.0. The van der Waals surface area contributed by atoms with Crippen LogP contribution >= 0.6 is 0 Å². The summed E-state index contributed by atoms with van der Waals surface area (Å²) in [5.41, 5.74) is 0. The monoisotopic (exact) mass is 281 g/mol. The summed E-state index contributed by atoms with van der Waals surface area (Å²) in [7, 11) is 0. The lowest BCUT2D eigenvalue weighted by Gasteiger charge is -2.41. The number of hydrogen-bond donors (Lipinski definition) is 3. The Labute approximate surface area is 119 Å². The quantitative estimate of drug-likeness (QED) is 0.483. The van der Waals surface area contributed by atoms with Crippen LogP contribution in [0.4, 0.5) is 0 Å². The molecule has 1 saturated carbocycles. The smallest absolute Gasteiger partial charge is 0.307 e. The molecule has 0 aliphatic heterocycles. The predicted molar refractivity (Wildman–Crippen MR) is 73.9 cm³/mol. The van der Waals surface area contributed by atoms with Crippen LogP contribution in [-0.4, -0.2) is 35.2 Å². The van der Waals surface area contributed by atoms with Gasteiger partial charge in [0.15, 0.2) is 0 Å². The van der Waals surface area contributed by atoms with Crippen molar-refractivity contribution in [3.63, 3.8) is 0 Å². The normalized spacial score (nSPS) is 31.2. The summed E-state index contributed by atoms with van der Waals surface area (Å²) in [6, 6.07) is 0. The molecule has 20 heavy (non-hydrogen) atoms. The zero-order chi connectivity index (χ0) is 14.5. The van der Waals surface area contributed by atoms with Gasteiger partial charge in [-0.05, 0) is 43.9 Å². The summed E-state index contributed by atoms with van der Waals surface area (Å²) >= 11 is 0. The van der Waals surface area contributed by atoms with E-state index in [2.05, 4.69) is 5.32 Å². The average Bonchev–Trinajstić information content (AvgIpc) is 2.47. The molecule has 0 spiro atoms. The molecule has 3 aliphatic rings. The number of carbonyl (C=O) groups excluding carboxylic acids is 1. The van der Waals surface area contributed by atoms with Gasteiger partial charge in [-0.1, -0.05) is 12.2 Å². The summed E-state index contributed by atoms with van der Waals surface area (Å²) in [4.78, 5) is 23.7. The topological polar surface area (TPSA) is 86.6 Å². The molecule has 3 aliphatic carbocycles. The van der Waals surface area contributed by atoms with Crippen molar-refractivity contribution in [1.29, 1.82) is 0 Å². The Morgan fingerprint density at radius 3 is 2.25 bits per heavy atom. The zero-order valence-corrected chi connectivity index (χ0v) is 11.6. The molecule has 0 aromatic heterocycles. The number of allylic oxidation sites excluding steroid dienone is 2. The molecule has 5 nitrogen and oxygen atoms in total. The van der Waals surface area contributed by atoms with Crippen LogP contribution in [0.25, 0.3) is 0 Å². The Hall–Kier alpha value is -1.36. The van der Waals surface area contributed by atoms with Gasteiger partial charge in [-0.3, -0.25) is 9.59 Å². The molecule has 2 bridgehead atoms. The minimum atomic E-state index is -0.857. The number of carboxylic acids is 1. The lowest BCUT2D eigenvalue weighted by molar-refractivity contribution is -0.152. The Bertz CT molecular complexity index is 393. The highest BCUT2D eigenvalue weighted by atomic mass is 16.4. The minimum Gasteiger partial charge on any atom is -0.481 e. The third-order valence-corrected chi connectivity index (χ3v) is 4.47. The van der Waals surface area contributed by atoms with E-state index in [9.17, 15) is 14.7 Å². The summed E-state index contributed by atoms with van der Waals surface area (Å²) in [5.74, 6) is -1.91. The summed E-state index contributed by atoms with van der Waals surface area (Å²) in [5, 5.41) is 20.9. The number of aliphatic hydroxyl groups is 1. The number of fused-ring (bicyclic) bond motifs is 2. The second-order valence-electron chi connectivity index (χ2n) is 5.76. The van der Waals surface area contributed by atoms with Crippen LogP contribution in [-0.2, 0) is 9.59 Å². The number of hydrogen-bond acceptors (Lipinski definition) is 3. The molecule has 3 N–H and O–H groups in total. The van der Waals surface area contributed by atoms with Gasteiger partial charge in [-0.25, -0.2) is 0 Å². The van der Waals surface area contributed by atoms with E-state index in [1.54, 1.807) is 0 Å². The second kappa shape index (κ2) is 6.88. The maximum Gasteiger partial charge on any atom is 0.307 e. The Kier molecular flexibility index (Phi) is 5.17. The van der Waals surface area contributed by atoms with Crippen molar-refractivity contribution in [3.8, 4) is 0 Å². The van der Waals surface area contributed by atoms with Crippen molar-refractivity contribution >= 4 is 11.9 Å². The van der Waals surface area contributed by atoms with Gasteiger partial charge >= 0.3 is 5.97 Å². The van der Waals surface area contributed by atoms with Crippen LogP contribution in [0, 0.1) is 23.7 Å². The lowest BCUT2D eigenvalue weighted by Crippen LogP contribution is -2.49.